The van der Waals surface area contributed by atoms with Crippen LogP contribution in [0.1, 0.15) is 68.6 Å². The molecular formula is C21H22O7. The average Bonchev–Trinajstić information content (AvgIpc) is 2.68. The number of Topliss-reactive ketones (excluding diaryl/α,β-unsaturated/α-hetero) is 1. The van der Waals surface area contributed by atoms with Gasteiger partial charge in [0.2, 0.25) is 0 Å². The first-order chi connectivity index (χ1) is 13.2. The van der Waals surface area contributed by atoms with Crippen LogP contribution >= 0.6 is 0 Å². The Hall–Kier alpha value is -3.48. The monoisotopic (exact) mass is 386 g/mol. The van der Waals surface area contributed by atoms with Crippen LogP contribution in [0.15, 0.2) is 48.5 Å². The van der Waals surface area contributed by atoms with Gasteiger partial charge in [-0.25, -0.2) is 14.4 Å². The van der Waals surface area contributed by atoms with Gasteiger partial charge in [0.25, 0.3) is 0 Å². The van der Waals surface area contributed by atoms with E-state index in [1.54, 1.807) is 31.2 Å². The third kappa shape index (κ3) is 6.35. The minimum atomic E-state index is -1.13. The van der Waals surface area contributed by atoms with Gasteiger partial charge in [-0.05, 0) is 38.5 Å². The lowest BCUT2D eigenvalue weighted by molar-refractivity contribution is 0.0328. The van der Waals surface area contributed by atoms with E-state index < -0.39 is 17.9 Å². The van der Waals surface area contributed by atoms with Crippen molar-refractivity contribution in [1.29, 1.82) is 0 Å². The number of ether oxygens (including phenoxy) is 1. The molecule has 0 aromatic heterocycles. The van der Waals surface area contributed by atoms with Crippen molar-refractivity contribution in [3.63, 3.8) is 0 Å². The minimum Gasteiger partial charge on any atom is -0.478 e. The molecule has 0 aliphatic carbocycles. The highest BCUT2D eigenvalue weighted by molar-refractivity contribution is 6.04. The normalized spacial score (nSPS) is 10.8. The molecule has 2 rings (SSSR count). The molecule has 0 bridgehead atoms. The highest BCUT2D eigenvalue weighted by atomic mass is 16.5. The molecule has 28 heavy (non-hydrogen) atoms. The van der Waals surface area contributed by atoms with Crippen LogP contribution in [0.5, 0.6) is 0 Å². The van der Waals surface area contributed by atoms with Crippen molar-refractivity contribution in [3.05, 3.63) is 70.8 Å². The number of ketones is 1. The second-order valence-corrected chi connectivity index (χ2v) is 5.88. The van der Waals surface area contributed by atoms with E-state index in [-0.39, 0.29) is 34.1 Å². The molecule has 1 unspecified atom stereocenters. The molecule has 1 atom stereocenters. The molecule has 7 heteroatoms. The first kappa shape index (κ1) is 22.6. The van der Waals surface area contributed by atoms with E-state index in [0.29, 0.717) is 6.42 Å². The molecule has 148 valence electrons. The van der Waals surface area contributed by atoms with Gasteiger partial charge in [0.1, 0.15) is 0 Å². The Balaban J connectivity index is 0.000000292. The molecule has 0 fully saturated rings. The maximum Gasteiger partial charge on any atom is 0.339 e. The van der Waals surface area contributed by atoms with Crippen LogP contribution in [-0.4, -0.2) is 40.0 Å². The summed E-state index contributed by atoms with van der Waals surface area (Å²) in [6, 6.07) is 12.2. The molecule has 2 N–H and O–H groups in total. The van der Waals surface area contributed by atoms with Gasteiger partial charge in [-0.15, -0.1) is 0 Å². The number of esters is 1. The van der Waals surface area contributed by atoms with Crippen molar-refractivity contribution >= 4 is 23.7 Å². The van der Waals surface area contributed by atoms with E-state index in [2.05, 4.69) is 0 Å². The van der Waals surface area contributed by atoms with E-state index in [9.17, 15) is 19.2 Å². The Morgan fingerprint density at radius 1 is 0.821 bits per heavy atom. The van der Waals surface area contributed by atoms with Gasteiger partial charge in [0.15, 0.2) is 5.78 Å². The van der Waals surface area contributed by atoms with Gasteiger partial charge in [-0.1, -0.05) is 37.3 Å². The molecule has 0 spiro atoms. The molecule has 2 aromatic carbocycles. The van der Waals surface area contributed by atoms with Crippen molar-refractivity contribution in [2.45, 2.75) is 33.3 Å². The van der Waals surface area contributed by atoms with Crippen molar-refractivity contribution in [2.24, 2.45) is 0 Å². The predicted octanol–water partition coefficient (Wildman–Crippen LogP) is 3.93. The molecular weight excluding hydrogens is 364 g/mol. The lowest BCUT2D eigenvalue weighted by atomic mass is 10.1. The number of carbonyl (C=O) groups excluding carboxylic acids is 2. The topological polar surface area (TPSA) is 118 Å². The third-order valence-corrected chi connectivity index (χ3v) is 3.80. The standard InChI is InChI=1S/C12H14O4.C9H8O3/c1-3-8(2)16-12(15)10-7-5-4-6-9(10)11(13)14;1-6(10)7-4-2-3-5-8(7)9(11)12/h4-8H,3H2,1-2H3,(H,13,14);2-5H,1H3,(H,11,12). The Morgan fingerprint density at radius 2 is 1.21 bits per heavy atom. The van der Waals surface area contributed by atoms with Gasteiger partial charge >= 0.3 is 17.9 Å². The fourth-order valence-corrected chi connectivity index (χ4v) is 2.15. The summed E-state index contributed by atoms with van der Waals surface area (Å²) in [5, 5.41) is 17.6. The Labute approximate surface area is 162 Å². The molecule has 2 aromatic rings. The number of carbonyl (C=O) groups is 4. The largest absolute Gasteiger partial charge is 0.478 e. The zero-order valence-corrected chi connectivity index (χ0v) is 15.8. The van der Waals surface area contributed by atoms with Crippen molar-refractivity contribution in [1.82, 2.24) is 0 Å². The van der Waals surface area contributed by atoms with Crippen molar-refractivity contribution < 1.29 is 34.1 Å². The lowest BCUT2D eigenvalue weighted by Crippen LogP contribution is -2.17. The van der Waals surface area contributed by atoms with Gasteiger partial charge in [-0.3, -0.25) is 4.79 Å². The first-order valence-electron chi connectivity index (χ1n) is 8.55. The predicted molar refractivity (Wildman–Crippen MR) is 102 cm³/mol. The summed E-state index contributed by atoms with van der Waals surface area (Å²) in [7, 11) is 0. The molecule has 7 nitrogen and oxygen atoms in total. The molecule has 0 amide bonds. The van der Waals surface area contributed by atoms with Gasteiger partial charge in [-0.2, -0.15) is 0 Å². The van der Waals surface area contributed by atoms with E-state index in [1.807, 2.05) is 6.92 Å². The molecule has 0 aliphatic heterocycles. The van der Waals surface area contributed by atoms with Crippen LogP contribution in [0.4, 0.5) is 0 Å². The summed E-state index contributed by atoms with van der Waals surface area (Å²) in [6.45, 7) is 5.00. The van der Waals surface area contributed by atoms with Crippen LogP contribution in [0.3, 0.4) is 0 Å². The molecule has 0 saturated heterocycles. The van der Waals surface area contributed by atoms with Gasteiger partial charge in [0.05, 0.1) is 22.8 Å². The number of rotatable bonds is 6. The van der Waals surface area contributed by atoms with Gasteiger partial charge in [0, 0.05) is 5.56 Å². The fourth-order valence-electron chi connectivity index (χ4n) is 2.15. The maximum absolute atomic E-state index is 11.7. The molecule has 0 heterocycles. The Kier molecular flexibility index (Phi) is 8.55. The second kappa shape index (κ2) is 10.6. The van der Waals surface area contributed by atoms with E-state index in [1.165, 1.54) is 31.2 Å². The van der Waals surface area contributed by atoms with E-state index >= 15 is 0 Å². The number of hydrogen-bond donors (Lipinski definition) is 2. The summed E-state index contributed by atoms with van der Waals surface area (Å²) < 4.78 is 5.07. The summed E-state index contributed by atoms with van der Waals surface area (Å²) in [5.74, 6) is -3.02. The minimum absolute atomic E-state index is 0.0317. The van der Waals surface area contributed by atoms with Crippen LogP contribution in [0.25, 0.3) is 0 Å². The number of carboxylic acids is 2. The van der Waals surface area contributed by atoms with Crippen LogP contribution in [0, 0.1) is 0 Å². The number of benzene rings is 2. The Bertz CT molecular complexity index is 838. The third-order valence-electron chi connectivity index (χ3n) is 3.80. The van der Waals surface area contributed by atoms with Gasteiger partial charge < -0.3 is 14.9 Å². The van der Waals surface area contributed by atoms with Crippen molar-refractivity contribution in [2.75, 3.05) is 0 Å². The molecule has 0 radical (unpaired) electrons. The Morgan fingerprint density at radius 3 is 1.57 bits per heavy atom. The maximum atomic E-state index is 11.7. The quantitative estimate of drug-likeness (QED) is 0.570. The molecule has 0 saturated carbocycles. The van der Waals surface area contributed by atoms with E-state index in [0.717, 1.165) is 0 Å². The number of hydrogen-bond acceptors (Lipinski definition) is 5. The van der Waals surface area contributed by atoms with Crippen molar-refractivity contribution in [3.8, 4) is 0 Å². The SMILES string of the molecule is CC(=O)c1ccccc1C(=O)O.CCC(C)OC(=O)c1ccccc1C(=O)O. The van der Waals surface area contributed by atoms with E-state index in [4.69, 9.17) is 14.9 Å². The lowest BCUT2D eigenvalue weighted by Gasteiger charge is -2.11. The number of carboxylic acid groups (broad SMARTS) is 2. The summed E-state index contributed by atoms with van der Waals surface area (Å²) in [6.07, 6.45) is 0.482. The number of aromatic carboxylic acids is 2. The second-order valence-electron chi connectivity index (χ2n) is 5.88. The van der Waals surface area contributed by atoms with Crippen LogP contribution < -0.4 is 0 Å². The first-order valence-corrected chi connectivity index (χ1v) is 8.55. The smallest absolute Gasteiger partial charge is 0.339 e. The zero-order valence-electron chi connectivity index (χ0n) is 15.8. The highest BCUT2D eigenvalue weighted by Gasteiger charge is 2.18. The summed E-state index contributed by atoms with van der Waals surface area (Å²) in [4.78, 5) is 44.0. The summed E-state index contributed by atoms with van der Waals surface area (Å²) in [5.41, 5.74) is 0.376. The van der Waals surface area contributed by atoms with Crippen LogP contribution in [-0.2, 0) is 4.74 Å². The zero-order chi connectivity index (χ0) is 21.3. The molecule has 0 aliphatic rings. The average molecular weight is 386 g/mol. The summed E-state index contributed by atoms with van der Waals surface area (Å²) >= 11 is 0. The van der Waals surface area contributed by atoms with Crippen LogP contribution in [0.2, 0.25) is 0 Å². The fraction of sp³-hybridized carbons (Fsp3) is 0.238. The highest BCUT2D eigenvalue weighted by Crippen LogP contribution is 2.12.